The zero-order valence-corrected chi connectivity index (χ0v) is 12.3. The third-order valence-electron chi connectivity index (χ3n) is 3.55. The van der Waals surface area contributed by atoms with Gasteiger partial charge in [0.15, 0.2) is 0 Å². The van der Waals surface area contributed by atoms with Crippen LogP contribution in [0.25, 0.3) is 0 Å². The first-order valence-electron chi connectivity index (χ1n) is 6.73. The summed E-state index contributed by atoms with van der Waals surface area (Å²) < 4.78 is 5.33. The molecule has 3 N–H and O–H groups in total. The van der Waals surface area contributed by atoms with Crippen LogP contribution < -0.4 is 11.1 Å². The molecule has 2 atom stereocenters. The van der Waals surface area contributed by atoms with Crippen LogP contribution >= 0.6 is 11.8 Å². The zero-order chi connectivity index (χ0) is 13.9. The van der Waals surface area contributed by atoms with Crippen LogP contribution in [0.3, 0.4) is 0 Å². The predicted molar refractivity (Wildman–Crippen MR) is 77.8 cm³/mol. The molecule has 1 aliphatic carbocycles. The number of amides is 1. The van der Waals surface area contributed by atoms with Crippen molar-refractivity contribution in [3.05, 3.63) is 24.2 Å². The van der Waals surface area contributed by atoms with Crippen LogP contribution in [0.15, 0.2) is 22.8 Å². The second-order valence-corrected chi connectivity index (χ2v) is 6.79. The topological polar surface area (TPSA) is 68.3 Å². The highest BCUT2D eigenvalue weighted by Gasteiger charge is 2.44. The molecule has 0 aliphatic heterocycles. The summed E-state index contributed by atoms with van der Waals surface area (Å²) >= 11 is 1.85. The van der Waals surface area contributed by atoms with E-state index in [0.717, 1.165) is 30.8 Å². The average molecular weight is 282 g/mol. The minimum Gasteiger partial charge on any atom is -0.468 e. The molecule has 1 saturated carbocycles. The minimum atomic E-state index is -0.519. The van der Waals surface area contributed by atoms with Gasteiger partial charge in [-0.25, -0.2) is 0 Å². The fourth-order valence-corrected chi connectivity index (χ4v) is 3.97. The highest BCUT2D eigenvalue weighted by molar-refractivity contribution is 7.99. The summed E-state index contributed by atoms with van der Waals surface area (Å²) in [5.74, 6) is 1.62. The first kappa shape index (κ1) is 14.5. The Labute approximate surface area is 118 Å². The van der Waals surface area contributed by atoms with E-state index in [2.05, 4.69) is 5.32 Å². The number of nitrogens with two attached hydrogens (primary N) is 1. The van der Waals surface area contributed by atoms with Gasteiger partial charge in [0.05, 0.1) is 17.6 Å². The lowest BCUT2D eigenvalue weighted by Crippen LogP contribution is -2.56. The van der Waals surface area contributed by atoms with Gasteiger partial charge in [-0.1, -0.05) is 0 Å². The summed E-state index contributed by atoms with van der Waals surface area (Å²) in [4.78, 5) is 11.8. The molecule has 1 aromatic heterocycles. The number of rotatable bonds is 6. The zero-order valence-electron chi connectivity index (χ0n) is 11.5. The molecular weight excluding hydrogens is 260 g/mol. The van der Waals surface area contributed by atoms with E-state index >= 15 is 0 Å². The second kappa shape index (κ2) is 6.01. The van der Waals surface area contributed by atoms with Crippen LogP contribution in [0.5, 0.6) is 0 Å². The van der Waals surface area contributed by atoms with E-state index in [1.165, 1.54) is 0 Å². The third kappa shape index (κ3) is 3.54. The van der Waals surface area contributed by atoms with Crippen molar-refractivity contribution in [1.29, 1.82) is 0 Å². The maximum absolute atomic E-state index is 11.8. The van der Waals surface area contributed by atoms with E-state index in [4.69, 9.17) is 10.2 Å². The van der Waals surface area contributed by atoms with Crippen LogP contribution in [0.2, 0.25) is 0 Å². The van der Waals surface area contributed by atoms with Crippen molar-refractivity contribution < 1.29 is 9.21 Å². The van der Waals surface area contributed by atoms with E-state index in [1.807, 2.05) is 37.7 Å². The summed E-state index contributed by atoms with van der Waals surface area (Å²) in [6, 6.07) is 4.15. The van der Waals surface area contributed by atoms with E-state index < -0.39 is 5.54 Å². The van der Waals surface area contributed by atoms with Crippen molar-refractivity contribution >= 4 is 17.7 Å². The molecule has 0 aromatic carbocycles. The van der Waals surface area contributed by atoms with Crippen molar-refractivity contribution in [1.82, 2.24) is 5.32 Å². The van der Waals surface area contributed by atoms with Gasteiger partial charge in [0.1, 0.15) is 5.76 Å². The summed E-state index contributed by atoms with van der Waals surface area (Å²) in [7, 11) is 0. The average Bonchev–Trinajstić information content (AvgIpc) is 2.95. The maximum Gasteiger partial charge on any atom is 0.237 e. The van der Waals surface area contributed by atoms with Crippen LogP contribution in [0, 0.1) is 0 Å². The Morgan fingerprint density at radius 3 is 3.05 bits per heavy atom. The minimum absolute atomic E-state index is 0.220. The lowest BCUT2D eigenvalue weighted by molar-refractivity contribution is -0.124. The van der Waals surface area contributed by atoms with Crippen molar-refractivity contribution in [2.45, 2.75) is 55.7 Å². The molecule has 1 aliphatic rings. The Balaban J connectivity index is 1.91. The van der Waals surface area contributed by atoms with Crippen molar-refractivity contribution in [3.63, 3.8) is 0 Å². The smallest absolute Gasteiger partial charge is 0.237 e. The third-order valence-corrected chi connectivity index (χ3v) is 4.87. The van der Waals surface area contributed by atoms with Crippen molar-refractivity contribution in [2.75, 3.05) is 0 Å². The molecule has 4 nitrogen and oxygen atoms in total. The fraction of sp³-hybridized carbons (Fsp3) is 0.643. The molecule has 19 heavy (non-hydrogen) atoms. The second-order valence-electron chi connectivity index (χ2n) is 5.50. The van der Waals surface area contributed by atoms with Crippen molar-refractivity contribution in [2.24, 2.45) is 5.73 Å². The molecule has 2 rings (SSSR count). The van der Waals surface area contributed by atoms with E-state index in [-0.39, 0.29) is 11.9 Å². The maximum atomic E-state index is 11.8. The van der Waals surface area contributed by atoms with Gasteiger partial charge in [-0.3, -0.25) is 4.79 Å². The lowest BCUT2D eigenvalue weighted by atomic mass is 9.96. The molecule has 0 radical (unpaired) electrons. The first-order valence-corrected chi connectivity index (χ1v) is 7.78. The molecule has 2 unspecified atom stereocenters. The SMILES string of the molecule is CC(C)NC1(C(N)=O)CCC(SCc2ccco2)C1. The van der Waals surface area contributed by atoms with Crippen LogP contribution in [-0.2, 0) is 10.5 Å². The Kier molecular flexibility index (Phi) is 4.58. The Hall–Kier alpha value is -0.940. The fourth-order valence-electron chi connectivity index (χ4n) is 2.72. The molecular formula is C14H22N2O2S. The molecule has 0 saturated heterocycles. The Bertz CT molecular complexity index is 419. The summed E-state index contributed by atoms with van der Waals surface area (Å²) in [6.07, 6.45) is 4.36. The molecule has 0 bridgehead atoms. The number of hydrogen-bond donors (Lipinski definition) is 2. The van der Waals surface area contributed by atoms with Crippen LogP contribution in [0.1, 0.15) is 38.9 Å². The van der Waals surface area contributed by atoms with Gasteiger partial charge < -0.3 is 15.5 Å². The normalized spacial score (nSPS) is 27.0. The van der Waals surface area contributed by atoms with Crippen LogP contribution in [0.4, 0.5) is 0 Å². The first-order chi connectivity index (χ1) is 9.02. The standard InChI is InChI=1S/C14H22N2O2S/c1-10(2)16-14(13(15)17)6-5-12(8-14)19-9-11-4-3-7-18-11/h3-4,7,10,12,16H,5-6,8-9H2,1-2H3,(H2,15,17). The van der Waals surface area contributed by atoms with Crippen LogP contribution in [-0.4, -0.2) is 22.7 Å². The molecule has 0 spiro atoms. The van der Waals surface area contributed by atoms with Gasteiger partial charge in [-0.05, 0) is 45.2 Å². The summed E-state index contributed by atoms with van der Waals surface area (Å²) in [5.41, 5.74) is 5.09. The van der Waals surface area contributed by atoms with E-state index in [0.29, 0.717) is 5.25 Å². The number of hydrogen-bond acceptors (Lipinski definition) is 4. The predicted octanol–water partition coefficient (Wildman–Crippen LogP) is 2.29. The summed E-state index contributed by atoms with van der Waals surface area (Å²) in [5, 5.41) is 3.83. The van der Waals surface area contributed by atoms with Gasteiger partial charge in [-0.2, -0.15) is 11.8 Å². The van der Waals surface area contributed by atoms with E-state index in [9.17, 15) is 4.79 Å². The quantitative estimate of drug-likeness (QED) is 0.840. The molecule has 1 heterocycles. The molecule has 1 aromatic rings. The van der Waals surface area contributed by atoms with E-state index in [1.54, 1.807) is 6.26 Å². The highest BCUT2D eigenvalue weighted by Crippen LogP contribution is 2.38. The number of furan rings is 1. The number of thioether (sulfide) groups is 1. The largest absolute Gasteiger partial charge is 0.468 e. The molecule has 1 amide bonds. The number of primary amides is 1. The lowest BCUT2D eigenvalue weighted by Gasteiger charge is -2.29. The van der Waals surface area contributed by atoms with Gasteiger partial charge >= 0.3 is 0 Å². The molecule has 1 fully saturated rings. The van der Waals surface area contributed by atoms with Gasteiger partial charge in [0.2, 0.25) is 5.91 Å². The molecule has 5 heteroatoms. The Morgan fingerprint density at radius 1 is 1.68 bits per heavy atom. The highest BCUT2D eigenvalue weighted by atomic mass is 32.2. The van der Waals surface area contributed by atoms with Gasteiger partial charge in [0.25, 0.3) is 0 Å². The van der Waals surface area contributed by atoms with Gasteiger partial charge in [0, 0.05) is 11.3 Å². The Morgan fingerprint density at radius 2 is 2.47 bits per heavy atom. The molecule has 106 valence electrons. The summed E-state index contributed by atoms with van der Waals surface area (Å²) in [6.45, 7) is 4.10. The monoisotopic (exact) mass is 282 g/mol. The number of carbonyl (C=O) groups is 1. The number of carbonyl (C=O) groups excluding carboxylic acids is 1. The van der Waals surface area contributed by atoms with Gasteiger partial charge in [-0.15, -0.1) is 0 Å². The van der Waals surface area contributed by atoms with Crippen molar-refractivity contribution in [3.8, 4) is 0 Å². The number of nitrogens with one attached hydrogen (secondary N) is 1.